The van der Waals surface area contributed by atoms with E-state index in [4.69, 9.17) is 0 Å². The van der Waals surface area contributed by atoms with E-state index in [9.17, 15) is 29.4 Å². The highest BCUT2D eigenvalue weighted by Gasteiger charge is 2.39. The molecule has 2 unspecified atom stereocenters. The van der Waals surface area contributed by atoms with Crippen LogP contribution in [0.15, 0.2) is 34.2 Å². The number of rotatable bonds is 12. The van der Waals surface area contributed by atoms with E-state index < -0.39 is 11.9 Å². The Hall–Kier alpha value is -3.38. The lowest BCUT2D eigenvalue weighted by molar-refractivity contribution is -0.138. The van der Waals surface area contributed by atoms with Crippen LogP contribution in [0.4, 0.5) is 0 Å². The number of allylic oxidation sites excluding steroid dienone is 2. The van der Waals surface area contributed by atoms with Gasteiger partial charge in [-0.05, 0) is 67.5 Å². The first-order valence-corrected chi connectivity index (χ1v) is 16.5. The number of aromatic nitrogens is 1. The van der Waals surface area contributed by atoms with Gasteiger partial charge in [-0.1, -0.05) is 26.8 Å². The van der Waals surface area contributed by atoms with Crippen molar-refractivity contribution in [2.45, 2.75) is 84.1 Å². The molecule has 2 saturated heterocycles. The second-order valence-corrected chi connectivity index (χ2v) is 13.5. The molecule has 3 aliphatic rings. The van der Waals surface area contributed by atoms with E-state index in [0.717, 1.165) is 50.6 Å². The molecule has 12 heteroatoms. The highest BCUT2D eigenvalue weighted by molar-refractivity contribution is 7.81. The molecule has 4 heterocycles. The number of carbonyl (C=O) groups is 4. The van der Waals surface area contributed by atoms with Crippen molar-refractivity contribution < 1.29 is 29.4 Å². The van der Waals surface area contributed by atoms with E-state index in [2.05, 4.69) is 46.2 Å². The summed E-state index contributed by atoms with van der Waals surface area (Å²) in [6.07, 6.45) is 6.81. The lowest BCUT2D eigenvalue weighted by atomic mass is 9.90. The monoisotopic (exact) mass is 656 g/mol. The number of amides is 2. The second-order valence-electron chi connectivity index (χ2n) is 12.4. The van der Waals surface area contributed by atoms with Gasteiger partial charge in [0.2, 0.25) is 11.8 Å². The summed E-state index contributed by atoms with van der Waals surface area (Å²) in [4.78, 5) is 51.7. The molecule has 6 atom stereocenters. The molecule has 45 heavy (non-hydrogen) atoms. The third kappa shape index (κ3) is 7.54. The minimum atomic E-state index is -0.911. The number of H-pyrrole nitrogens is 1. The van der Waals surface area contributed by atoms with Crippen LogP contribution < -0.4 is 16.0 Å². The van der Waals surface area contributed by atoms with E-state index in [-0.39, 0.29) is 66.2 Å². The summed E-state index contributed by atoms with van der Waals surface area (Å²) in [5.41, 5.74) is 7.36. The molecular weight excluding hydrogens is 613 g/mol. The van der Waals surface area contributed by atoms with E-state index in [1.165, 1.54) is 0 Å². The molecule has 4 rings (SSSR count). The lowest BCUT2D eigenvalue weighted by Crippen LogP contribution is -2.36. The first-order chi connectivity index (χ1) is 21.2. The van der Waals surface area contributed by atoms with Crippen LogP contribution in [0.2, 0.25) is 0 Å². The Kier molecular flexibility index (Phi) is 11.0. The maximum atomic E-state index is 12.6. The van der Waals surface area contributed by atoms with Crippen molar-refractivity contribution in [1.82, 2.24) is 20.9 Å². The molecule has 244 valence electrons. The number of aliphatic carboxylic acids is 2. The number of carbonyl (C=O) groups excluding carboxylic acids is 2. The van der Waals surface area contributed by atoms with Crippen molar-refractivity contribution >= 4 is 61.2 Å². The largest absolute Gasteiger partial charge is 0.481 e. The van der Waals surface area contributed by atoms with Gasteiger partial charge in [0, 0.05) is 82.0 Å². The summed E-state index contributed by atoms with van der Waals surface area (Å²) >= 11 is 8.88. The number of hydrogen-bond acceptors (Lipinski definition) is 7. The fourth-order valence-corrected chi connectivity index (χ4v) is 7.43. The summed E-state index contributed by atoms with van der Waals surface area (Å²) in [6.45, 7) is 9.78. The normalized spacial score (nSPS) is 28.2. The molecule has 0 radical (unpaired) electrons. The summed E-state index contributed by atoms with van der Waals surface area (Å²) in [5.74, 6) is -1.80. The third-order valence-corrected chi connectivity index (χ3v) is 9.95. The minimum Gasteiger partial charge on any atom is -0.481 e. The molecule has 6 N–H and O–H groups in total. The maximum Gasteiger partial charge on any atom is 0.303 e. The predicted molar refractivity (Wildman–Crippen MR) is 181 cm³/mol. The van der Waals surface area contributed by atoms with E-state index in [0.29, 0.717) is 18.6 Å². The minimum absolute atomic E-state index is 0.00150. The summed E-state index contributed by atoms with van der Waals surface area (Å²) in [5, 5.41) is 28.6. The van der Waals surface area contributed by atoms with Crippen LogP contribution in [0.1, 0.15) is 75.9 Å². The number of hydrogen-bond donors (Lipinski definition) is 8. The van der Waals surface area contributed by atoms with Gasteiger partial charge in [-0.25, -0.2) is 0 Å². The Bertz CT molecular complexity index is 1500. The quantitative estimate of drug-likeness (QED) is 0.123. The van der Waals surface area contributed by atoms with Crippen LogP contribution >= 0.6 is 25.3 Å². The third-order valence-electron chi connectivity index (χ3n) is 9.44. The summed E-state index contributed by atoms with van der Waals surface area (Å²) < 4.78 is 0. The van der Waals surface area contributed by atoms with Gasteiger partial charge in [0.05, 0.1) is 0 Å². The molecular formula is C33H44N4O6S2. The molecule has 0 spiro atoms. The van der Waals surface area contributed by atoms with Crippen LogP contribution in [0.25, 0.3) is 12.2 Å². The molecule has 0 aliphatic carbocycles. The Morgan fingerprint density at radius 3 is 2.27 bits per heavy atom. The topological polar surface area (TPSA) is 161 Å². The van der Waals surface area contributed by atoms with Crippen molar-refractivity contribution in [3.8, 4) is 0 Å². The van der Waals surface area contributed by atoms with Gasteiger partial charge in [0.1, 0.15) is 0 Å². The number of aromatic amines is 1. The molecule has 1 aromatic rings. The lowest BCUT2D eigenvalue weighted by Gasteiger charge is -2.21. The molecule has 2 amide bonds. The van der Waals surface area contributed by atoms with Crippen molar-refractivity contribution in [1.29, 1.82) is 0 Å². The van der Waals surface area contributed by atoms with Crippen molar-refractivity contribution in [2.24, 2.45) is 17.8 Å². The van der Waals surface area contributed by atoms with Gasteiger partial charge in [-0.2, -0.15) is 25.3 Å². The smallest absolute Gasteiger partial charge is 0.303 e. The van der Waals surface area contributed by atoms with Gasteiger partial charge in [-0.3, -0.25) is 19.2 Å². The zero-order chi connectivity index (χ0) is 33.2. The molecule has 1 aromatic heterocycles. The van der Waals surface area contributed by atoms with Gasteiger partial charge < -0.3 is 31.1 Å². The molecule has 0 bridgehead atoms. The van der Waals surface area contributed by atoms with Crippen molar-refractivity contribution in [3.63, 3.8) is 0 Å². The Labute approximate surface area is 275 Å². The Balaban J connectivity index is 1.73. The van der Waals surface area contributed by atoms with Gasteiger partial charge in [0.15, 0.2) is 0 Å². The van der Waals surface area contributed by atoms with Crippen molar-refractivity contribution in [2.75, 3.05) is 5.75 Å². The van der Waals surface area contributed by atoms with Crippen LogP contribution in [0.3, 0.4) is 0 Å². The maximum absolute atomic E-state index is 12.6. The first kappa shape index (κ1) is 34.5. The van der Waals surface area contributed by atoms with Gasteiger partial charge >= 0.3 is 11.9 Å². The molecule has 0 aromatic carbocycles. The number of thiol groups is 2. The van der Waals surface area contributed by atoms with E-state index >= 15 is 0 Å². The first-order valence-electron chi connectivity index (χ1n) is 15.4. The van der Waals surface area contributed by atoms with E-state index in [1.54, 1.807) is 0 Å². The predicted octanol–water partition coefficient (Wildman–Crippen LogP) is 4.26. The van der Waals surface area contributed by atoms with Crippen molar-refractivity contribution in [3.05, 3.63) is 56.7 Å². The second kappa shape index (κ2) is 14.4. The zero-order valence-electron chi connectivity index (χ0n) is 26.4. The summed E-state index contributed by atoms with van der Waals surface area (Å²) in [7, 11) is 0. The summed E-state index contributed by atoms with van der Waals surface area (Å²) in [6, 6.07) is -0.226. The number of carboxylic acid groups (broad SMARTS) is 2. The fourth-order valence-electron chi connectivity index (χ4n) is 6.81. The highest BCUT2D eigenvalue weighted by Crippen LogP contribution is 2.37. The fraction of sp³-hybridized carbons (Fsp3) is 0.515. The van der Waals surface area contributed by atoms with Crippen LogP contribution in [0, 0.1) is 24.7 Å². The zero-order valence-corrected chi connectivity index (χ0v) is 28.1. The molecule has 0 saturated carbocycles. The Morgan fingerprint density at radius 2 is 1.64 bits per heavy atom. The van der Waals surface area contributed by atoms with Gasteiger partial charge in [-0.15, -0.1) is 0 Å². The van der Waals surface area contributed by atoms with Crippen LogP contribution in [-0.4, -0.2) is 62.0 Å². The number of nitrogens with one attached hydrogen (secondary N) is 4. The SMILES string of the molecule is CC1=C(CCC(=O)O)/C(=C\c2[nH]c(/C=C3\NC(=O)[C@H](C)[C@H]3[C@H](C)S)c(C)c2CCC(=O)O)NC1C[C@H]1NC(=O)/C(=C\CS)C1C. The molecule has 3 aliphatic heterocycles. The van der Waals surface area contributed by atoms with E-state index in [1.807, 2.05) is 52.8 Å². The van der Waals surface area contributed by atoms with Gasteiger partial charge in [0.25, 0.3) is 0 Å². The standard InChI is InChI=1S/C33H44N4O6S2/c1-15-20(6-8-29(38)39)26(34-23(15)12-25-17(3)22(10-11-44)33(43)36-25)14-27-21(7-9-30(40)41)16(2)24(35-27)13-28-31(19(5)45)18(4)32(42)37-28/h10,13-14,17-19,23,25,31,34-35,44-45H,6-9,11-12H2,1-5H3,(H,36,43)(H,37,42)(H,38,39)(H,40,41)/b22-10-,26-14+,28-13-/t17?,18-,19+,23?,25-,31+/m1/s1. The number of carboxylic acids is 2. The molecule has 10 nitrogen and oxygen atoms in total. The average Bonchev–Trinajstić information content (AvgIpc) is 3.60. The Morgan fingerprint density at radius 1 is 0.978 bits per heavy atom. The van der Waals surface area contributed by atoms with Crippen LogP contribution in [-0.2, 0) is 25.6 Å². The highest BCUT2D eigenvalue weighted by atomic mass is 32.1. The van der Waals surface area contributed by atoms with Crippen LogP contribution in [0.5, 0.6) is 0 Å². The molecule has 2 fully saturated rings. The average molecular weight is 657 g/mol.